The number of amides is 1. The lowest BCUT2D eigenvalue weighted by Gasteiger charge is -2.49. The van der Waals surface area contributed by atoms with Crippen molar-refractivity contribution in [1.29, 1.82) is 0 Å². The maximum Gasteiger partial charge on any atom is 0.409 e. The molecule has 2 heterocycles. The van der Waals surface area contributed by atoms with Gasteiger partial charge >= 0.3 is 6.09 Å². The van der Waals surface area contributed by atoms with Crippen LogP contribution in [0.4, 0.5) is 4.79 Å². The number of nitrogens with zero attached hydrogens (tertiary/aromatic N) is 2. The second-order valence-electron chi connectivity index (χ2n) is 7.73. The molecule has 138 valence electrons. The average Bonchev–Trinajstić information content (AvgIpc) is 2.82. The minimum Gasteiger partial charge on any atom is -0.449 e. The molecule has 2 aliphatic rings. The van der Waals surface area contributed by atoms with Crippen LogP contribution in [0.2, 0.25) is 0 Å². The van der Waals surface area contributed by atoms with Gasteiger partial charge in [0.1, 0.15) is 0 Å². The summed E-state index contributed by atoms with van der Waals surface area (Å²) in [7, 11) is 0. The van der Waals surface area contributed by atoms with Gasteiger partial charge in [0, 0.05) is 24.7 Å². The quantitative estimate of drug-likeness (QED) is 0.833. The van der Waals surface area contributed by atoms with Gasteiger partial charge < -0.3 is 14.7 Å². The van der Waals surface area contributed by atoms with E-state index in [1.165, 1.54) is 5.56 Å². The second-order valence-corrected chi connectivity index (χ2v) is 7.73. The predicted molar refractivity (Wildman–Crippen MR) is 97.3 cm³/mol. The van der Waals surface area contributed by atoms with Crippen molar-refractivity contribution in [3.63, 3.8) is 0 Å². The molecular weight excluding hydrogens is 316 g/mol. The molecule has 3 unspecified atom stereocenters. The van der Waals surface area contributed by atoms with Crippen molar-refractivity contribution in [3.8, 4) is 0 Å². The highest BCUT2D eigenvalue weighted by molar-refractivity contribution is 5.68. The number of fused-ring (bicyclic) bond motifs is 2. The highest BCUT2D eigenvalue weighted by Crippen LogP contribution is 2.41. The van der Waals surface area contributed by atoms with Crippen molar-refractivity contribution < 1.29 is 14.6 Å². The van der Waals surface area contributed by atoms with Gasteiger partial charge in [0.25, 0.3) is 0 Å². The summed E-state index contributed by atoms with van der Waals surface area (Å²) in [6, 6.07) is 10.5. The van der Waals surface area contributed by atoms with Crippen LogP contribution in [-0.2, 0) is 10.3 Å². The molecule has 3 rings (SSSR count). The third-order valence-corrected chi connectivity index (χ3v) is 5.65. The Kier molecular flexibility index (Phi) is 5.35. The van der Waals surface area contributed by atoms with Gasteiger partial charge in [-0.3, -0.25) is 4.90 Å². The molecule has 0 saturated carbocycles. The molecule has 3 atom stereocenters. The third-order valence-electron chi connectivity index (χ3n) is 5.65. The zero-order valence-electron chi connectivity index (χ0n) is 15.5. The van der Waals surface area contributed by atoms with Gasteiger partial charge in [-0.1, -0.05) is 43.7 Å². The first-order valence-corrected chi connectivity index (χ1v) is 9.39. The van der Waals surface area contributed by atoms with Crippen LogP contribution in [0.3, 0.4) is 0 Å². The van der Waals surface area contributed by atoms with E-state index in [1.807, 2.05) is 6.07 Å². The van der Waals surface area contributed by atoms with Crippen LogP contribution in [0.1, 0.15) is 45.6 Å². The molecule has 2 fully saturated rings. The van der Waals surface area contributed by atoms with Gasteiger partial charge in [-0.25, -0.2) is 4.79 Å². The number of hydrogen-bond acceptors (Lipinski definition) is 4. The van der Waals surface area contributed by atoms with Crippen molar-refractivity contribution in [2.24, 2.45) is 0 Å². The number of rotatable bonds is 5. The van der Waals surface area contributed by atoms with Crippen LogP contribution in [0.25, 0.3) is 0 Å². The Morgan fingerprint density at radius 2 is 2.00 bits per heavy atom. The zero-order valence-corrected chi connectivity index (χ0v) is 15.5. The van der Waals surface area contributed by atoms with Crippen LogP contribution in [0.5, 0.6) is 0 Å². The summed E-state index contributed by atoms with van der Waals surface area (Å²) >= 11 is 0. The maximum atomic E-state index is 12.3. The van der Waals surface area contributed by atoms with E-state index in [2.05, 4.69) is 49.9 Å². The Hall–Kier alpha value is -1.59. The zero-order chi connectivity index (χ0) is 18.0. The van der Waals surface area contributed by atoms with E-state index in [-0.39, 0.29) is 23.7 Å². The second kappa shape index (κ2) is 7.34. The van der Waals surface area contributed by atoms with E-state index in [0.29, 0.717) is 26.1 Å². The molecule has 2 aliphatic heterocycles. The maximum absolute atomic E-state index is 12.3. The largest absolute Gasteiger partial charge is 0.449 e. The van der Waals surface area contributed by atoms with Crippen molar-refractivity contribution in [2.45, 2.75) is 63.8 Å². The molecule has 1 N–H and O–H groups in total. The van der Waals surface area contributed by atoms with Gasteiger partial charge in [0.05, 0.1) is 18.8 Å². The molecular formula is C20H30N2O3. The molecule has 1 aromatic carbocycles. The minimum atomic E-state index is -0.401. The SMILES string of the molecule is CCCCOC(=O)N1CC2CC(O)C(C1)N2C(C)(C)c1ccccc1. The van der Waals surface area contributed by atoms with Gasteiger partial charge in [0.15, 0.2) is 0 Å². The van der Waals surface area contributed by atoms with E-state index in [1.54, 1.807) is 4.90 Å². The molecule has 1 amide bonds. The molecule has 5 heteroatoms. The van der Waals surface area contributed by atoms with Crippen molar-refractivity contribution in [1.82, 2.24) is 9.80 Å². The Morgan fingerprint density at radius 1 is 1.28 bits per heavy atom. The predicted octanol–water partition coefficient (Wildman–Crippen LogP) is 2.98. The number of carbonyl (C=O) groups is 1. The summed E-state index contributed by atoms with van der Waals surface area (Å²) in [5, 5.41) is 10.6. The lowest BCUT2D eigenvalue weighted by Crippen LogP contribution is -2.61. The van der Waals surface area contributed by atoms with Crippen LogP contribution in [0, 0.1) is 0 Å². The molecule has 2 saturated heterocycles. The number of benzene rings is 1. The van der Waals surface area contributed by atoms with Crippen LogP contribution in [-0.4, -0.2) is 58.9 Å². The summed E-state index contributed by atoms with van der Waals surface area (Å²) in [6.07, 6.45) is 1.97. The number of aliphatic hydroxyl groups excluding tert-OH is 1. The van der Waals surface area contributed by atoms with Crippen molar-refractivity contribution >= 4 is 6.09 Å². The lowest BCUT2D eigenvalue weighted by molar-refractivity contribution is -0.0263. The van der Waals surface area contributed by atoms with Gasteiger partial charge in [0.2, 0.25) is 0 Å². The Labute approximate surface area is 150 Å². The fourth-order valence-electron chi connectivity index (χ4n) is 4.34. The first kappa shape index (κ1) is 18.2. The summed E-state index contributed by atoms with van der Waals surface area (Å²) < 4.78 is 5.37. The number of aliphatic hydroxyl groups is 1. The molecule has 1 aromatic rings. The van der Waals surface area contributed by atoms with E-state index >= 15 is 0 Å². The van der Waals surface area contributed by atoms with Crippen LogP contribution in [0.15, 0.2) is 30.3 Å². The van der Waals surface area contributed by atoms with E-state index in [9.17, 15) is 9.90 Å². The number of ether oxygens (including phenoxy) is 1. The van der Waals surface area contributed by atoms with Gasteiger partial charge in [-0.2, -0.15) is 0 Å². The van der Waals surface area contributed by atoms with E-state index in [4.69, 9.17) is 4.74 Å². The highest BCUT2D eigenvalue weighted by atomic mass is 16.6. The normalized spacial score (nSPS) is 26.7. The lowest BCUT2D eigenvalue weighted by atomic mass is 9.89. The topological polar surface area (TPSA) is 53.0 Å². The molecule has 0 aromatic heterocycles. The number of piperazine rings is 1. The highest BCUT2D eigenvalue weighted by Gasteiger charge is 2.52. The molecule has 0 radical (unpaired) electrons. The fraction of sp³-hybridized carbons (Fsp3) is 0.650. The fourth-order valence-corrected chi connectivity index (χ4v) is 4.34. The number of likely N-dealkylation sites (tertiary alicyclic amines) is 1. The van der Waals surface area contributed by atoms with Crippen molar-refractivity contribution in [2.75, 3.05) is 19.7 Å². The average molecular weight is 346 g/mol. The van der Waals surface area contributed by atoms with Gasteiger partial charge in [-0.15, -0.1) is 0 Å². The summed E-state index contributed by atoms with van der Waals surface area (Å²) in [4.78, 5) is 16.5. The molecule has 0 aliphatic carbocycles. The third kappa shape index (κ3) is 3.53. The molecule has 0 spiro atoms. The van der Waals surface area contributed by atoms with Crippen LogP contribution >= 0.6 is 0 Å². The summed E-state index contributed by atoms with van der Waals surface area (Å²) in [5.41, 5.74) is 1.05. The Bertz CT molecular complexity index is 590. The van der Waals surface area contributed by atoms with Gasteiger partial charge in [-0.05, 0) is 32.3 Å². The number of carbonyl (C=O) groups excluding carboxylic acids is 1. The summed E-state index contributed by atoms with van der Waals surface area (Å²) in [6.45, 7) is 8.11. The summed E-state index contributed by atoms with van der Waals surface area (Å²) in [5.74, 6) is 0. The first-order chi connectivity index (χ1) is 11.9. The Morgan fingerprint density at radius 3 is 2.64 bits per heavy atom. The molecule has 5 nitrogen and oxygen atoms in total. The standard InChI is InChI=1S/C20H30N2O3/c1-4-5-11-25-19(24)21-13-16-12-18(23)17(14-21)22(16)20(2,3)15-9-7-6-8-10-15/h6-10,16-18,23H,4-5,11-14H2,1-3H3. The number of unbranched alkanes of at least 4 members (excludes halogenated alkanes) is 1. The minimum absolute atomic E-state index is 0.0484. The molecule has 2 bridgehead atoms. The first-order valence-electron chi connectivity index (χ1n) is 9.39. The van der Waals surface area contributed by atoms with E-state index < -0.39 is 6.10 Å². The van der Waals surface area contributed by atoms with Crippen molar-refractivity contribution in [3.05, 3.63) is 35.9 Å². The number of hydrogen-bond donors (Lipinski definition) is 1. The van der Waals surface area contributed by atoms with Crippen LogP contribution < -0.4 is 0 Å². The van der Waals surface area contributed by atoms with E-state index in [0.717, 1.165) is 12.8 Å². The molecule has 25 heavy (non-hydrogen) atoms. The monoisotopic (exact) mass is 346 g/mol. The Balaban J connectivity index is 1.74. The smallest absolute Gasteiger partial charge is 0.409 e.